The number of hydrogen-bond donors (Lipinski definition) is 0. The zero-order chi connectivity index (χ0) is 15.8. The molecular formula is C18H22FNO3. The molecule has 1 aromatic rings. The first kappa shape index (κ1) is 15.1. The Labute approximate surface area is 135 Å². The van der Waals surface area contributed by atoms with Gasteiger partial charge in [0, 0.05) is 18.8 Å². The highest BCUT2D eigenvalue weighted by Crippen LogP contribution is 2.34. The van der Waals surface area contributed by atoms with Gasteiger partial charge in [-0.15, -0.1) is 0 Å². The van der Waals surface area contributed by atoms with Gasteiger partial charge < -0.3 is 14.4 Å². The normalized spacial score (nSPS) is 30.3. The van der Waals surface area contributed by atoms with Gasteiger partial charge in [-0.25, -0.2) is 4.39 Å². The number of benzene rings is 1. The molecule has 2 saturated heterocycles. The third-order valence-corrected chi connectivity index (χ3v) is 5.05. The standard InChI is InChI=1S/C18H22FNO3/c19-14-4-1-3-13(9-14)18(21)20-10-16(23-11-12-6-7-12)17-15(20)5-2-8-22-17/h1,3-4,9,12,15-17H,2,5-8,10-11H2/t15-,16-,17+/m0/s1. The molecule has 0 aromatic heterocycles. The van der Waals surface area contributed by atoms with Crippen molar-refractivity contribution in [3.05, 3.63) is 35.6 Å². The van der Waals surface area contributed by atoms with Crippen LogP contribution in [-0.4, -0.2) is 48.8 Å². The molecule has 1 aromatic carbocycles. The maximum absolute atomic E-state index is 13.4. The summed E-state index contributed by atoms with van der Waals surface area (Å²) >= 11 is 0. The van der Waals surface area contributed by atoms with E-state index in [1.807, 2.05) is 4.90 Å². The number of fused-ring (bicyclic) bond motifs is 1. The van der Waals surface area contributed by atoms with Crippen LogP contribution in [0.5, 0.6) is 0 Å². The van der Waals surface area contributed by atoms with Crippen molar-refractivity contribution in [3.8, 4) is 0 Å². The molecule has 23 heavy (non-hydrogen) atoms. The summed E-state index contributed by atoms with van der Waals surface area (Å²) in [7, 11) is 0. The fourth-order valence-corrected chi connectivity index (χ4v) is 3.62. The van der Waals surface area contributed by atoms with E-state index in [0.29, 0.717) is 18.0 Å². The van der Waals surface area contributed by atoms with Crippen LogP contribution >= 0.6 is 0 Å². The van der Waals surface area contributed by atoms with Crippen molar-refractivity contribution in [2.24, 2.45) is 5.92 Å². The van der Waals surface area contributed by atoms with Gasteiger partial charge in [-0.05, 0) is 49.8 Å². The molecule has 3 atom stereocenters. The van der Waals surface area contributed by atoms with Crippen LogP contribution in [0.25, 0.3) is 0 Å². The van der Waals surface area contributed by atoms with Crippen LogP contribution in [0.15, 0.2) is 24.3 Å². The Kier molecular flexibility index (Phi) is 4.07. The third-order valence-electron chi connectivity index (χ3n) is 5.05. The summed E-state index contributed by atoms with van der Waals surface area (Å²) in [6.45, 7) is 2.03. The molecule has 2 aliphatic heterocycles. The molecule has 4 rings (SSSR count). The van der Waals surface area contributed by atoms with Crippen LogP contribution in [-0.2, 0) is 9.47 Å². The third kappa shape index (κ3) is 3.12. The van der Waals surface area contributed by atoms with Gasteiger partial charge in [-0.3, -0.25) is 4.79 Å². The van der Waals surface area contributed by atoms with Gasteiger partial charge in [0.25, 0.3) is 5.91 Å². The number of carbonyl (C=O) groups is 1. The average Bonchev–Trinajstić information content (AvgIpc) is 3.33. The van der Waals surface area contributed by atoms with Crippen LogP contribution in [0.3, 0.4) is 0 Å². The number of amides is 1. The minimum Gasteiger partial charge on any atom is -0.373 e. The van der Waals surface area contributed by atoms with E-state index in [-0.39, 0.29) is 30.0 Å². The minimum absolute atomic E-state index is 0.0417. The molecule has 1 amide bonds. The maximum Gasteiger partial charge on any atom is 0.254 e. The van der Waals surface area contributed by atoms with Gasteiger partial charge in [-0.2, -0.15) is 0 Å². The first-order chi connectivity index (χ1) is 11.2. The van der Waals surface area contributed by atoms with Crippen LogP contribution in [0.1, 0.15) is 36.0 Å². The van der Waals surface area contributed by atoms with E-state index in [1.165, 1.54) is 25.0 Å². The van der Waals surface area contributed by atoms with Crippen molar-refractivity contribution >= 4 is 5.91 Å². The predicted molar refractivity (Wildman–Crippen MR) is 82.7 cm³/mol. The van der Waals surface area contributed by atoms with Crippen molar-refractivity contribution in [2.45, 2.75) is 43.9 Å². The number of likely N-dealkylation sites (tertiary alicyclic amines) is 1. The van der Waals surface area contributed by atoms with E-state index in [1.54, 1.807) is 12.1 Å². The molecule has 4 nitrogen and oxygen atoms in total. The number of hydrogen-bond acceptors (Lipinski definition) is 3. The Bertz CT molecular complexity index is 589. The summed E-state index contributed by atoms with van der Waals surface area (Å²) < 4.78 is 25.4. The zero-order valence-electron chi connectivity index (χ0n) is 13.1. The van der Waals surface area contributed by atoms with Crippen LogP contribution < -0.4 is 0 Å². The SMILES string of the molecule is O=C(c1cccc(F)c1)N1C[C@H](OCC2CC2)[C@@H]2OCCC[C@@H]21. The second-order valence-corrected chi connectivity index (χ2v) is 6.83. The molecule has 0 spiro atoms. The quantitative estimate of drug-likeness (QED) is 0.856. The molecule has 0 radical (unpaired) electrons. The van der Waals surface area contributed by atoms with Gasteiger partial charge in [-0.1, -0.05) is 6.07 Å². The molecule has 3 aliphatic rings. The van der Waals surface area contributed by atoms with E-state index in [4.69, 9.17) is 9.47 Å². The van der Waals surface area contributed by atoms with Crippen LogP contribution in [0, 0.1) is 11.7 Å². The topological polar surface area (TPSA) is 38.8 Å². The molecule has 0 bridgehead atoms. The number of carbonyl (C=O) groups excluding carboxylic acids is 1. The molecule has 0 N–H and O–H groups in total. The summed E-state index contributed by atoms with van der Waals surface area (Å²) in [6, 6.07) is 5.95. The summed E-state index contributed by atoms with van der Waals surface area (Å²) in [6.07, 6.45) is 4.26. The summed E-state index contributed by atoms with van der Waals surface area (Å²) in [5.74, 6) is 0.181. The Morgan fingerprint density at radius 3 is 3.00 bits per heavy atom. The smallest absolute Gasteiger partial charge is 0.254 e. The Morgan fingerprint density at radius 1 is 1.35 bits per heavy atom. The average molecular weight is 319 g/mol. The molecule has 1 saturated carbocycles. The van der Waals surface area contributed by atoms with Crippen molar-refractivity contribution in [3.63, 3.8) is 0 Å². The van der Waals surface area contributed by atoms with Gasteiger partial charge in [0.05, 0.1) is 12.6 Å². The fourth-order valence-electron chi connectivity index (χ4n) is 3.62. The maximum atomic E-state index is 13.4. The first-order valence-electron chi connectivity index (χ1n) is 8.52. The van der Waals surface area contributed by atoms with Crippen molar-refractivity contribution in [2.75, 3.05) is 19.8 Å². The highest BCUT2D eigenvalue weighted by molar-refractivity contribution is 5.94. The zero-order valence-corrected chi connectivity index (χ0v) is 13.1. The van der Waals surface area contributed by atoms with Crippen molar-refractivity contribution in [1.29, 1.82) is 0 Å². The summed E-state index contributed by atoms with van der Waals surface area (Å²) in [5.41, 5.74) is 0.400. The lowest BCUT2D eigenvalue weighted by atomic mass is 10.0. The van der Waals surface area contributed by atoms with Gasteiger partial charge in [0.15, 0.2) is 0 Å². The van der Waals surface area contributed by atoms with Crippen molar-refractivity contribution in [1.82, 2.24) is 4.90 Å². The molecule has 0 unspecified atom stereocenters. The van der Waals surface area contributed by atoms with Gasteiger partial charge in [0.2, 0.25) is 0 Å². The van der Waals surface area contributed by atoms with Crippen LogP contribution in [0.2, 0.25) is 0 Å². The number of rotatable bonds is 4. The van der Waals surface area contributed by atoms with E-state index in [0.717, 1.165) is 26.1 Å². The molecule has 124 valence electrons. The van der Waals surface area contributed by atoms with Crippen LogP contribution in [0.4, 0.5) is 4.39 Å². The monoisotopic (exact) mass is 319 g/mol. The fraction of sp³-hybridized carbons (Fsp3) is 0.611. The lowest BCUT2D eigenvalue weighted by molar-refractivity contribution is -0.0781. The highest BCUT2D eigenvalue weighted by Gasteiger charge is 2.47. The lowest BCUT2D eigenvalue weighted by Gasteiger charge is -2.32. The Balaban J connectivity index is 1.51. The number of ether oxygens (including phenoxy) is 2. The second-order valence-electron chi connectivity index (χ2n) is 6.83. The second kappa shape index (κ2) is 6.21. The highest BCUT2D eigenvalue weighted by atomic mass is 19.1. The largest absolute Gasteiger partial charge is 0.373 e. The lowest BCUT2D eigenvalue weighted by Crippen LogP contribution is -2.44. The molecule has 3 fully saturated rings. The van der Waals surface area contributed by atoms with Crippen molar-refractivity contribution < 1.29 is 18.7 Å². The van der Waals surface area contributed by atoms with E-state index in [2.05, 4.69) is 0 Å². The number of halogens is 1. The van der Waals surface area contributed by atoms with E-state index >= 15 is 0 Å². The molecule has 1 aliphatic carbocycles. The molecule has 2 heterocycles. The summed E-state index contributed by atoms with van der Waals surface area (Å²) in [5, 5.41) is 0. The molecular weight excluding hydrogens is 297 g/mol. The Hall–Kier alpha value is -1.46. The van der Waals surface area contributed by atoms with Gasteiger partial charge >= 0.3 is 0 Å². The van der Waals surface area contributed by atoms with E-state index in [9.17, 15) is 9.18 Å². The number of nitrogens with zero attached hydrogens (tertiary/aromatic N) is 1. The Morgan fingerprint density at radius 2 is 2.22 bits per heavy atom. The predicted octanol–water partition coefficient (Wildman–Crippen LogP) is 2.62. The van der Waals surface area contributed by atoms with E-state index < -0.39 is 0 Å². The molecule has 5 heteroatoms. The minimum atomic E-state index is -0.381. The summed E-state index contributed by atoms with van der Waals surface area (Å²) in [4.78, 5) is 14.6. The van der Waals surface area contributed by atoms with Gasteiger partial charge in [0.1, 0.15) is 18.0 Å². The first-order valence-corrected chi connectivity index (χ1v) is 8.52.